The van der Waals surface area contributed by atoms with Crippen molar-refractivity contribution in [3.63, 3.8) is 0 Å². The Morgan fingerprint density at radius 1 is 1.03 bits per heavy atom. The van der Waals surface area contributed by atoms with Gasteiger partial charge in [0.1, 0.15) is 23.9 Å². The van der Waals surface area contributed by atoms with E-state index in [0.717, 1.165) is 21.5 Å². The number of hydrazone groups is 1. The summed E-state index contributed by atoms with van der Waals surface area (Å²) in [6.07, 6.45) is 1.39. The van der Waals surface area contributed by atoms with Gasteiger partial charge in [-0.25, -0.2) is 5.43 Å². The van der Waals surface area contributed by atoms with Gasteiger partial charge in [0, 0.05) is 15.6 Å². The van der Waals surface area contributed by atoms with Crippen molar-refractivity contribution in [3.05, 3.63) is 87.9 Å². The van der Waals surface area contributed by atoms with Gasteiger partial charge in [0.25, 0.3) is 5.91 Å². The molecule has 6 nitrogen and oxygen atoms in total. The molecule has 30 heavy (non-hydrogen) atoms. The lowest BCUT2D eigenvalue weighted by Gasteiger charge is -2.08. The molecule has 154 valence electrons. The molecule has 0 aliphatic rings. The number of nitrogens with one attached hydrogen (secondary N) is 1. The zero-order valence-electron chi connectivity index (χ0n) is 16.3. The van der Waals surface area contributed by atoms with E-state index < -0.39 is 0 Å². The van der Waals surface area contributed by atoms with Crippen LogP contribution in [0.1, 0.15) is 28.4 Å². The average Bonchev–Trinajstić information content (AvgIpc) is 2.76. The number of amides is 1. The Hall–Kier alpha value is -3.32. The minimum Gasteiger partial charge on any atom is -0.507 e. The van der Waals surface area contributed by atoms with Crippen LogP contribution in [0, 0.1) is 0 Å². The Kier molecular flexibility index (Phi) is 7.45. The van der Waals surface area contributed by atoms with Crippen LogP contribution in [0.5, 0.6) is 17.2 Å². The van der Waals surface area contributed by atoms with Crippen molar-refractivity contribution in [2.45, 2.75) is 13.5 Å². The number of aromatic hydroxyl groups is 1. The van der Waals surface area contributed by atoms with Crippen LogP contribution in [0.25, 0.3) is 0 Å². The molecule has 7 heteroatoms. The number of phenols is 1. The molecule has 0 bridgehead atoms. The minimum atomic E-state index is -0.347. The van der Waals surface area contributed by atoms with Gasteiger partial charge in [-0.3, -0.25) is 4.79 Å². The number of benzene rings is 3. The highest BCUT2D eigenvalue weighted by molar-refractivity contribution is 9.10. The van der Waals surface area contributed by atoms with E-state index in [1.807, 2.05) is 43.3 Å². The third kappa shape index (κ3) is 6.09. The molecule has 0 saturated heterocycles. The third-order valence-electron chi connectivity index (χ3n) is 4.12. The average molecular weight is 469 g/mol. The number of phenolic OH excluding ortho intramolecular Hbond substituents is 1. The normalized spacial score (nSPS) is 10.7. The van der Waals surface area contributed by atoms with Crippen molar-refractivity contribution < 1.29 is 19.4 Å². The first-order chi connectivity index (χ1) is 14.5. The van der Waals surface area contributed by atoms with E-state index in [9.17, 15) is 9.90 Å². The Morgan fingerprint density at radius 2 is 1.70 bits per heavy atom. The van der Waals surface area contributed by atoms with Crippen LogP contribution in [-0.2, 0) is 6.61 Å². The van der Waals surface area contributed by atoms with E-state index in [4.69, 9.17) is 9.47 Å². The van der Waals surface area contributed by atoms with Crippen LogP contribution < -0.4 is 14.9 Å². The molecule has 0 spiro atoms. The quantitative estimate of drug-likeness (QED) is 0.364. The van der Waals surface area contributed by atoms with E-state index in [1.165, 1.54) is 6.21 Å². The van der Waals surface area contributed by atoms with E-state index in [1.54, 1.807) is 30.3 Å². The lowest BCUT2D eigenvalue weighted by atomic mass is 10.1. The smallest absolute Gasteiger partial charge is 0.271 e. The highest BCUT2D eigenvalue weighted by atomic mass is 79.9. The van der Waals surface area contributed by atoms with Crippen molar-refractivity contribution in [2.24, 2.45) is 5.10 Å². The maximum absolute atomic E-state index is 12.2. The number of halogens is 1. The van der Waals surface area contributed by atoms with Gasteiger partial charge >= 0.3 is 0 Å². The van der Waals surface area contributed by atoms with Crippen molar-refractivity contribution in [1.29, 1.82) is 0 Å². The van der Waals surface area contributed by atoms with Crippen molar-refractivity contribution in [2.75, 3.05) is 6.61 Å². The van der Waals surface area contributed by atoms with Crippen molar-refractivity contribution >= 4 is 28.1 Å². The van der Waals surface area contributed by atoms with Gasteiger partial charge in [-0.2, -0.15) is 5.10 Å². The van der Waals surface area contributed by atoms with Crippen LogP contribution in [0.3, 0.4) is 0 Å². The molecule has 2 N–H and O–H groups in total. The fourth-order valence-corrected chi connectivity index (χ4v) is 2.95. The van der Waals surface area contributed by atoms with Crippen LogP contribution in [0.4, 0.5) is 0 Å². The number of hydrogen-bond donors (Lipinski definition) is 2. The summed E-state index contributed by atoms with van der Waals surface area (Å²) in [4.78, 5) is 12.2. The second-order valence-corrected chi connectivity index (χ2v) is 7.21. The maximum Gasteiger partial charge on any atom is 0.271 e. The predicted molar refractivity (Wildman–Crippen MR) is 119 cm³/mol. The summed E-state index contributed by atoms with van der Waals surface area (Å²) in [5.74, 6) is 1.27. The number of carbonyl (C=O) groups is 1. The lowest BCUT2D eigenvalue weighted by molar-refractivity contribution is 0.0955. The first kappa shape index (κ1) is 21.4. The molecule has 3 aromatic rings. The second kappa shape index (κ2) is 10.5. The molecule has 0 fully saturated rings. The van der Waals surface area contributed by atoms with E-state index in [-0.39, 0.29) is 11.7 Å². The van der Waals surface area contributed by atoms with Gasteiger partial charge in [-0.15, -0.1) is 0 Å². The highest BCUT2D eigenvalue weighted by Crippen LogP contribution is 2.20. The van der Waals surface area contributed by atoms with Gasteiger partial charge in [-0.1, -0.05) is 28.1 Å². The van der Waals surface area contributed by atoms with Crippen LogP contribution >= 0.6 is 15.9 Å². The molecular weight excluding hydrogens is 448 g/mol. The molecule has 3 rings (SSSR count). The number of ether oxygens (including phenoxy) is 2. The minimum absolute atomic E-state index is 0.0769. The molecule has 0 heterocycles. The van der Waals surface area contributed by atoms with Gasteiger partial charge in [0.05, 0.1) is 12.8 Å². The van der Waals surface area contributed by atoms with Crippen molar-refractivity contribution in [3.8, 4) is 17.2 Å². The summed E-state index contributed by atoms with van der Waals surface area (Å²) >= 11 is 3.32. The topological polar surface area (TPSA) is 80.2 Å². The summed E-state index contributed by atoms with van der Waals surface area (Å²) in [5, 5.41) is 13.7. The zero-order valence-corrected chi connectivity index (χ0v) is 17.9. The van der Waals surface area contributed by atoms with Gasteiger partial charge in [0.15, 0.2) is 0 Å². The standard InChI is InChI=1S/C23H21BrN2O4/c1-2-29-20-8-10-21(11-9-20)30-15-16-3-5-17(6-4-16)23(28)26-25-14-18-13-19(24)7-12-22(18)27/h3-14,27H,2,15H2,1H3,(H,26,28). The first-order valence-electron chi connectivity index (χ1n) is 9.31. The Bertz CT molecular complexity index is 1020. The number of carbonyl (C=O) groups excluding carboxylic acids is 1. The number of rotatable bonds is 8. The van der Waals surface area contributed by atoms with Crippen molar-refractivity contribution in [1.82, 2.24) is 5.43 Å². The van der Waals surface area contributed by atoms with E-state index in [0.29, 0.717) is 24.3 Å². The molecule has 0 radical (unpaired) electrons. The molecule has 0 atom stereocenters. The summed E-state index contributed by atoms with van der Waals surface area (Å²) in [7, 11) is 0. The van der Waals surface area contributed by atoms with Crippen LogP contribution in [0.15, 0.2) is 76.3 Å². The van der Waals surface area contributed by atoms with Gasteiger partial charge in [-0.05, 0) is 67.1 Å². The molecular formula is C23H21BrN2O4. The third-order valence-corrected chi connectivity index (χ3v) is 4.61. The summed E-state index contributed by atoms with van der Waals surface area (Å²) in [5.41, 5.74) is 4.34. The van der Waals surface area contributed by atoms with E-state index >= 15 is 0 Å². The van der Waals surface area contributed by atoms with Gasteiger partial charge < -0.3 is 14.6 Å². The molecule has 0 aliphatic carbocycles. The molecule has 1 amide bonds. The largest absolute Gasteiger partial charge is 0.507 e. The lowest BCUT2D eigenvalue weighted by Crippen LogP contribution is -2.17. The van der Waals surface area contributed by atoms with E-state index in [2.05, 4.69) is 26.5 Å². The highest BCUT2D eigenvalue weighted by Gasteiger charge is 2.05. The summed E-state index contributed by atoms with van der Waals surface area (Å²) < 4.78 is 12.0. The summed E-state index contributed by atoms with van der Waals surface area (Å²) in [6.45, 7) is 2.95. The van der Waals surface area contributed by atoms with Crippen LogP contribution in [-0.4, -0.2) is 23.8 Å². The van der Waals surface area contributed by atoms with Crippen LogP contribution in [0.2, 0.25) is 0 Å². The molecule has 0 aliphatic heterocycles. The maximum atomic E-state index is 12.2. The molecule has 0 aromatic heterocycles. The molecule has 0 saturated carbocycles. The first-order valence-corrected chi connectivity index (χ1v) is 10.1. The fourth-order valence-electron chi connectivity index (χ4n) is 2.57. The fraction of sp³-hybridized carbons (Fsp3) is 0.130. The van der Waals surface area contributed by atoms with Gasteiger partial charge in [0.2, 0.25) is 0 Å². The monoisotopic (exact) mass is 468 g/mol. The Balaban J connectivity index is 1.52. The second-order valence-electron chi connectivity index (χ2n) is 6.29. The molecule has 3 aromatic carbocycles. The summed E-state index contributed by atoms with van der Waals surface area (Å²) in [6, 6.07) is 19.5. The number of nitrogens with zero attached hydrogens (tertiary/aromatic N) is 1. The molecule has 0 unspecified atom stereocenters. The Labute approximate surface area is 183 Å². The number of hydrogen-bond acceptors (Lipinski definition) is 5. The zero-order chi connectivity index (χ0) is 21.3. The SMILES string of the molecule is CCOc1ccc(OCc2ccc(C(=O)NN=Cc3cc(Br)ccc3O)cc2)cc1. The Morgan fingerprint density at radius 3 is 2.37 bits per heavy atom. The predicted octanol–water partition coefficient (Wildman–Crippen LogP) is 4.90.